The Morgan fingerprint density at radius 1 is 1.15 bits per heavy atom. The summed E-state index contributed by atoms with van der Waals surface area (Å²) in [4.78, 5) is 28.5. The molecule has 1 unspecified atom stereocenters. The highest BCUT2D eigenvalue weighted by atomic mass is 19.4. The Morgan fingerprint density at radius 2 is 1.85 bits per heavy atom. The fourth-order valence-electron chi connectivity index (χ4n) is 2.72. The maximum Gasteiger partial charge on any atom is 0.417 e. The molecule has 1 aliphatic rings. The van der Waals surface area contributed by atoms with E-state index in [1.807, 2.05) is 0 Å². The summed E-state index contributed by atoms with van der Waals surface area (Å²) in [5.74, 6) is -1.45. The van der Waals surface area contributed by atoms with Gasteiger partial charge in [0.15, 0.2) is 0 Å². The van der Waals surface area contributed by atoms with Gasteiger partial charge < -0.3 is 14.7 Å². The number of aromatic nitrogens is 1. The molecule has 1 saturated heterocycles. The number of carbonyl (C=O) groups excluding carboxylic acids is 1. The molecule has 3 rings (SSSR count). The van der Waals surface area contributed by atoms with Crippen LogP contribution in [0, 0.1) is 5.92 Å². The smallest absolute Gasteiger partial charge is 0.417 e. The quantitative estimate of drug-likeness (QED) is 0.879. The number of halogens is 3. The number of carboxylic acid groups (broad SMARTS) is 1. The van der Waals surface area contributed by atoms with Crippen LogP contribution in [0.3, 0.4) is 0 Å². The maximum atomic E-state index is 12.5. The van der Waals surface area contributed by atoms with E-state index in [0.717, 1.165) is 12.1 Å². The van der Waals surface area contributed by atoms with Gasteiger partial charge in [0.05, 0.1) is 11.5 Å². The van der Waals surface area contributed by atoms with Crippen LogP contribution in [0.25, 0.3) is 0 Å². The third-order valence-electron chi connectivity index (χ3n) is 4.21. The molecule has 1 aliphatic heterocycles. The van der Waals surface area contributed by atoms with E-state index in [2.05, 4.69) is 4.98 Å². The van der Waals surface area contributed by atoms with Gasteiger partial charge in [0, 0.05) is 30.9 Å². The molecule has 1 aromatic carbocycles. The summed E-state index contributed by atoms with van der Waals surface area (Å²) in [5, 5.41) is 9.00. The average Bonchev–Trinajstić information content (AvgIpc) is 3.12. The summed E-state index contributed by atoms with van der Waals surface area (Å²) < 4.78 is 42.9. The fraction of sp³-hybridized carbons (Fsp3) is 0.278. The largest absolute Gasteiger partial charge is 0.481 e. The third-order valence-corrected chi connectivity index (χ3v) is 4.21. The minimum atomic E-state index is -4.47. The van der Waals surface area contributed by atoms with E-state index < -0.39 is 23.6 Å². The minimum absolute atomic E-state index is 0.00841. The van der Waals surface area contributed by atoms with Crippen molar-refractivity contribution in [2.75, 3.05) is 13.1 Å². The summed E-state index contributed by atoms with van der Waals surface area (Å²) >= 11 is 0. The number of aliphatic carboxylic acids is 1. The Morgan fingerprint density at radius 3 is 2.37 bits per heavy atom. The number of hydrogen-bond acceptors (Lipinski definition) is 4. The topological polar surface area (TPSA) is 79.7 Å². The lowest BCUT2D eigenvalue weighted by Gasteiger charge is -2.16. The van der Waals surface area contributed by atoms with E-state index in [0.29, 0.717) is 30.5 Å². The number of alkyl halides is 3. The van der Waals surface area contributed by atoms with Gasteiger partial charge in [0.25, 0.3) is 5.91 Å². The molecule has 1 N–H and O–H groups in total. The van der Waals surface area contributed by atoms with E-state index in [9.17, 15) is 22.8 Å². The molecule has 1 fully saturated rings. The second-order valence-corrected chi connectivity index (χ2v) is 6.08. The SMILES string of the molecule is O=C(O)C1CCN(C(=O)c2ccc(Oc3ccc(C(F)(F)F)cn3)cc2)C1. The highest BCUT2D eigenvalue weighted by Gasteiger charge is 2.32. The van der Waals surface area contributed by atoms with Crippen LogP contribution in [0.4, 0.5) is 13.2 Å². The van der Waals surface area contributed by atoms with Crippen LogP contribution in [-0.4, -0.2) is 40.0 Å². The normalized spacial score (nSPS) is 17.0. The zero-order valence-corrected chi connectivity index (χ0v) is 13.9. The second-order valence-electron chi connectivity index (χ2n) is 6.08. The lowest BCUT2D eigenvalue weighted by atomic mass is 10.1. The molecular weight excluding hydrogens is 365 g/mol. The summed E-state index contributed by atoms with van der Waals surface area (Å²) in [7, 11) is 0. The van der Waals surface area contributed by atoms with Gasteiger partial charge in [-0.25, -0.2) is 4.98 Å². The Balaban J connectivity index is 1.63. The Hall–Kier alpha value is -3.10. The Labute approximate surface area is 152 Å². The van der Waals surface area contributed by atoms with Crippen molar-refractivity contribution in [1.29, 1.82) is 0 Å². The molecule has 1 aromatic heterocycles. The molecule has 2 heterocycles. The standard InChI is InChI=1S/C18H15F3N2O4/c19-18(20,21)13-3-6-15(22-9-13)27-14-4-1-11(2-5-14)16(24)23-8-7-12(10-23)17(25)26/h1-6,9,12H,7-8,10H2,(H,25,26). The first kappa shape index (κ1) is 18.7. The number of rotatable bonds is 4. The number of carboxylic acids is 1. The molecule has 0 bridgehead atoms. The predicted octanol–water partition coefficient (Wildman–Crippen LogP) is 3.44. The lowest BCUT2D eigenvalue weighted by molar-refractivity contribution is -0.141. The Kier molecular flexibility index (Phi) is 5.02. The molecule has 0 saturated carbocycles. The van der Waals surface area contributed by atoms with E-state index in [1.54, 1.807) is 0 Å². The fourth-order valence-corrected chi connectivity index (χ4v) is 2.72. The van der Waals surface area contributed by atoms with Gasteiger partial charge >= 0.3 is 12.1 Å². The number of pyridine rings is 1. The molecule has 0 radical (unpaired) electrons. The van der Waals surface area contributed by atoms with Gasteiger partial charge in [-0.05, 0) is 36.8 Å². The summed E-state index contributed by atoms with van der Waals surface area (Å²) in [6.07, 6.45) is -3.37. The van der Waals surface area contributed by atoms with Crippen molar-refractivity contribution >= 4 is 11.9 Å². The highest BCUT2D eigenvalue weighted by Crippen LogP contribution is 2.30. The first-order valence-electron chi connectivity index (χ1n) is 8.07. The number of carbonyl (C=O) groups is 2. The van der Waals surface area contributed by atoms with Crippen LogP contribution in [0.2, 0.25) is 0 Å². The van der Waals surface area contributed by atoms with Gasteiger partial charge in [-0.3, -0.25) is 9.59 Å². The molecule has 0 spiro atoms. The van der Waals surface area contributed by atoms with Gasteiger partial charge in [0.1, 0.15) is 5.75 Å². The molecule has 142 valence electrons. The summed E-state index contributed by atoms with van der Waals surface area (Å²) in [6.45, 7) is 0.547. The first-order valence-corrected chi connectivity index (χ1v) is 8.07. The third kappa shape index (κ3) is 4.36. The van der Waals surface area contributed by atoms with Gasteiger partial charge in [-0.1, -0.05) is 0 Å². The van der Waals surface area contributed by atoms with E-state index in [1.165, 1.54) is 29.2 Å². The maximum absolute atomic E-state index is 12.5. The highest BCUT2D eigenvalue weighted by molar-refractivity contribution is 5.95. The zero-order chi connectivity index (χ0) is 19.6. The Bertz CT molecular complexity index is 835. The number of nitrogens with zero attached hydrogens (tertiary/aromatic N) is 2. The number of amides is 1. The van der Waals surface area contributed by atoms with Crippen LogP contribution >= 0.6 is 0 Å². The molecule has 0 aliphatic carbocycles. The predicted molar refractivity (Wildman–Crippen MR) is 87.4 cm³/mol. The van der Waals surface area contributed by atoms with Crippen LogP contribution in [-0.2, 0) is 11.0 Å². The molecule has 1 amide bonds. The van der Waals surface area contributed by atoms with Crippen molar-refractivity contribution in [2.45, 2.75) is 12.6 Å². The molecule has 6 nitrogen and oxygen atoms in total. The van der Waals surface area contributed by atoms with Crippen LogP contribution in [0.15, 0.2) is 42.6 Å². The second kappa shape index (κ2) is 7.26. The number of hydrogen-bond donors (Lipinski definition) is 1. The zero-order valence-electron chi connectivity index (χ0n) is 13.9. The van der Waals surface area contributed by atoms with Crippen LogP contribution in [0.5, 0.6) is 11.6 Å². The molecule has 9 heteroatoms. The first-order chi connectivity index (χ1) is 12.7. The average molecular weight is 380 g/mol. The van der Waals surface area contributed by atoms with Gasteiger partial charge in [0.2, 0.25) is 5.88 Å². The molecule has 1 atom stereocenters. The molecular formula is C18H15F3N2O4. The van der Waals surface area contributed by atoms with Gasteiger partial charge in [-0.15, -0.1) is 0 Å². The van der Waals surface area contributed by atoms with Crippen molar-refractivity contribution in [3.8, 4) is 11.6 Å². The number of ether oxygens (including phenoxy) is 1. The molecule has 2 aromatic rings. The van der Waals surface area contributed by atoms with Gasteiger partial charge in [-0.2, -0.15) is 13.2 Å². The summed E-state index contributed by atoms with van der Waals surface area (Å²) in [5.41, 5.74) is -0.505. The van der Waals surface area contributed by atoms with Crippen LogP contribution < -0.4 is 4.74 Å². The van der Waals surface area contributed by atoms with Crippen molar-refractivity contribution in [2.24, 2.45) is 5.92 Å². The van der Waals surface area contributed by atoms with Crippen LogP contribution in [0.1, 0.15) is 22.3 Å². The summed E-state index contributed by atoms with van der Waals surface area (Å²) in [6, 6.07) is 7.99. The van der Waals surface area contributed by atoms with Crippen molar-refractivity contribution < 1.29 is 32.6 Å². The molecule has 27 heavy (non-hydrogen) atoms. The number of benzene rings is 1. The lowest BCUT2D eigenvalue weighted by Crippen LogP contribution is -2.29. The minimum Gasteiger partial charge on any atom is -0.481 e. The van der Waals surface area contributed by atoms with E-state index in [-0.39, 0.29) is 18.3 Å². The van der Waals surface area contributed by atoms with Crippen molar-refractivity contribution in [1.82, 2.24) is 9.88 Å². The van der Waals surface area contributed by atoms with E-state index in [4.69, 9.17) is 9.84 Å². The van der Waals surface area contributed by atoms with Crippen molar-refractivity contribution in [3.63, 3.8) is 0 Å². The number of likely N-dealkylation sites (tertiary alicyclic amines) is 1. The van der Waals surface area contributed by atoms with Crippen molar-refractivity contribution in [3.05, 3.63) is 53.7 Å². The van der Waals surface area contributed by atoms with E-state index >= 15 is 0 Å². The monoisotopic (exact) mass is 380 g/mol.